The average Bonchev–Trinajstić information content (AvgIpc) is 2.99. The Kier molecular flexibility index (Phi) is 4.90. The topological polar surface area (TPSA) is 64.7 Å². The van der Waals surface area contributed by atoms with Crippen molar-refractivity contribution in [3.63, 3.8) is 0 Å². The summed E-state index contributed by atoms with van der Waals surface area (Å²) in [5, 5.41) is 12.2. The van der Waals surface area contributed by atoms with Gasteiger partial charge in [-0.05, 0) is 34.6 Å². The monoisotopic (exact) mass is 323 g/mol. The van der Waals surface area contributed by atoms with Gasteiger partial charge in [-0.2, -0.15) is 10.2 Å². The summed E-state index contributed by atoms with van der Waals surface area (Å²) in [7, 11) is 0. The third-order valence-corrected chi connectivity index (χ3v) is 4.11. The van der Waals surface area contributed by atoms with Crippen molar-refractivity contribution in [2.75, 3.05) is 5.32 Å². The molecule has 0 spiro atoms. The first-order chi connectivity index (χ1) is 10.3. The number of nitrogens with one attached hydrogen (secondary N) is 1. The highest BCUT2D eigenvalue weighted by molar-refractivity contribution is 6.31. The molecule has 2 rings (SSSR count). The van der Waals surface area contributed by atoms with Crippen LogP contribution in [0, 0.1) is 13.8 Å². The third-order valence-electron chi connectivity index (χ3n) is 3.56. The summed E-state index contributed by atoms with van der Waals surface area (Å²) in [6, 6.07) is 1.92. The van der Waals surface area contributed by atoms with Crippen molar-refractivity contribution in [1.29, 1.82) is 0 Å². The van der Waals surface area contributed by atoms with Crippen LogP contribution in [0.3, 0.4) is 0 Å². The number of aryl methyl sites for hydroxylation is 1. The molecule has 2 aromatic heterocycles. The molecule has 1 atom stereocenters. The molecule has 0 bridgehead atoms. The number of nitrogens with zero attached hydrogens (tertiary/aromatic N) is 4. The second-order valence-electron chi connectivity index (χ2n) is 5.79. The van der Waals surface area contributed by atoms with Crippen molar-refractivity contribution in [2.24, 2.45) is 0 Å². The number of rotatable bonds is 5. The van der Waals surface area contributed by atoms with Crippen molar-refractivity contribution in [1.82, 2.24) is 19.6 Å². The quantitative estimate of drug-likeness (QED) is 0.915. The summed E-state index contributed by atoms with van der Waals surface area (Å²) < 4.78 is 3.58. The number of hydrogen-bond acceptors (Lipinski definition) is 3. The van der Waals surface area contributed by atoms with E-state index in [4.69, 9.17) is 11.6 Å². The van der Waals surface area contributed by atoms with Gasteiger partial charge in [0.2, 0.25) is 5.91 Å². The van der Waals surface area contributed by atoms with E-state index in [1.165, 1.54) is 0 Å². The zero-order valence-corrected chi connectivity index (χ0v) is 14.3. The van der Waals surface area contributed by atoms with Crippen LogP contribution in [0.2, 0.25) is 5.02 Å². The maximum Gasteiger partial charge on any atom is 0.227 e. The van der Waals surface area contributed by atoms with Crippen LogP contribution in [-0.2, 0) is 4.79 Å². The summed E-state index contributed by atoms with van der Waals surface area (Å²) in [4.78, 5) is 12.2. The van der Waals surface area contributed by atoms with Gasteiger partial charge in [-0.3, -0.25) is 9.48 Å². The van der Waals surface area contributed by atoms with E-state index in [1.807, 2.05) is 34.6 Å². The predicted molar refractivity (Wildman–Crippen MR) is 87.3 cm³/mol. The number of aromatic nitrogens is 4. The van der Waals surface area contributed by atoms with Crippen molar-refractivity contribution < 1.29 is 4.79 Å². The second kappa shape index (κ2) is 6.52. The normalized spacial score (nSPS) is 12.7. The van der Waals surface area contributed by atoms with Crippen molar-refractivity contribution in [3.8, 4) is 0 Å². The molecule has 6 nitrogen and oxygen atoms in total. The van der Waals surface area contributed by atoms with Gasteiger partial charge in [-0.15, -0.1) is 0 Å². The zero-order chi connectivity index (χ0) is 16.4. The molecule has 120 valence electrons. The average molecular weight is 324 g/mol. The van der Waals surface area contributed by atoms with Crippen LogP contribution in [-0.4, -0.2) is 25.5 Å². The Morgan fingerprint density at radius 3 is 2.55 bits per heavy atom. The minimum absolute atomic E-state index is 0.0679. The van der Waals surface area contributed by atoms with Crippen molar-refractivity contribution in [2.45, 2.75) is 53.1 Å². The van der Waals surface area contributed by atoms with Gasteiger partial charge in [-0.1, -0.05) is 11.6 Å². The first-order valence-electron chi connectivity index (χ1n) is 7.35. The SMILES string of the molecule is Cc1nn([C@@H](C)CC(=O)Nc2ccnn2C(C)C)c(C)c1Cl. The van der Waals surface area contributed by atoms with Crippen LogP contribution < -0.4 is 5.32 Å². The molecule has 0 saturated heterocycles. The number of carbonyl (C=O) groups is 1. The minimum atomic E-state index is -0.0708. The van der Waals surface area contributed by atoms with E-state index in [9.17, 15) is 4.79 Å². The number of hydrogen-bond donors (Lipinski definition) is 1. The summed E-state index contributed by atoms with van der Waals surface area (Å²) in [5.41, 5.74) is 1.66. The highest BCUT2D eigenvalue weighted by atomic mass is 35.5. The summed E-state index contributed by atoms with van der Waals surface area (Å²) in [5.74, 6) is 0.636. The van der Waals surface area contributed by atoms with Crippen LogP contribution in [0.25, 0.3) is 0 Å². The molecule has 0 unspecified atom stereocenters. The van der Waals surface area contributed by atoms with Gasteiger partial charge >= 0.3 is 0 Å². The molecule has 0 fully saturated rings. The Bertz CT molecular complexity index is 674. The van der Waals surface area contributed by atoms with Gasteiger partial charge < -0.3 is 5.32 Å². The van der Waals surface area contributed by atoms with Crippen LogP contribution >= 0.6 is 11.6 Å². The van der Waals surface area contributed by atoms with Crippen molar-refractivity contribution in [3.05, 3.63) is 28.7 Å². The molecule has 0 radical (unpaired) electrons. The largest absolute Gasteiger partial charge is 0.311 e. The lowest BCUT2D eigenvalue weighted by atomic mass is 10.2. The number of anilines is 1. The molecule has 1 N–H and O–H groups in total. The van der Waals surface area contributed by atoms with E-state index in [0.717, 1.165) is 11.4 Å². The molecule has 1 amide bonds. The van der Waals surface area contributed by atoms with Crippen LogP contribution in [0.5, 0.6) is 0 Å². The lowest BCUT2D eigenvalue weighted by molar-refractivity contribution is -0.116. The Balaban J connectivity index is 2.05. The standard InChI is InChI=1S/C15H22ClN5O/c1-9(2)20-13(6-7-17-20)18-14(22)8-10(3)21-12(5)15(16)11(4)19-21/h6-7,9-10H,8H2,1-5H3,(H,18,22)/t10-/m0/s1. The molecule has 2 aromatic rings. The predicted octanol–water partition coefficient (Wildman–Crippen LogP) is 3.52. The Hall–Kier alpha value is -1.82. The number of amides is 1. The fourth-order valence-electron chi connectivity index (χ4n) is 2.45. The summed E-state index contributed by atoms with van der Waals surface area (Å²) in [6.45, 7) is 9.76. The van der Waals surface area contributed by atoms with E-state index in [2.05, 4.69) is 15.5 Å². The minimum Gasteiger partial charge on any atom is -0.311 e. The Labute approximate surface area is 135 Å². The van der Waals surface area contributed by atoms with E-state index < -0.39 is 0 Å². The third kappa shape index (κ3) is 3.32. The smallest absolute Gasteiger partial charge is 0.227 e. The van der Waals surface area contributed by atoms with E-state index in [0.29, 0.717) is 17.3 Å². The van der Waals surface area contributed by atoms with Crippen LogP contribution in [0.1, 0.15) is 50.7 Å². The molecule has 0 aliphatic heterocycles. The van der Waals surface area contributed by atoms with E-state index in [1.54, 1.807) is 21.6 Å². The molecule has 22 heavy (non-hydrogen) atoms. The van der Waals surface area contributed by atoms with Gasteiger partial charge in [-0.25, -0.2) is 4.68 Å². The second-order valence-corrected chi connectivity index (χ2v) is 6.16. The summed E-state index contributed by atoms with van der Waals surface area (Å²) in [6.07, 6.45) is 2.00. The highest BCUT2D eigenvalue weighted by Crippen LogP contribution is 2.24. The van der Waals surface area contributed by atoms with Gasteiger partial charge in [0.25, 0.3) is 0 Å². The fourth-order valence-corrected chi connectivity index (χ4v) is 2.57. The fraction of sp³-hybridized carbons (Fsp3) is 0.533. The van der Waals surface area contributed by atoms with E-state index in [-0.39, 0.29) is 18.0 Å². The molecule has 0 aliphatic rings. The van der Waals surface area contributed by atoms with Crippen LogP contribution in [0.15, 0.2) is 12.3 Å². The molecule has 0 aliphatic carbocycles. The number of carbonyl (C=O) groups excluding carboxylic acids is 1. The van der Waals surface area contributed by atoms with E-state index >= 15 is 0 Å². The van der Waals surface area contributed by atoms with Gasteiger partial charge in [0.15, 0.2) is 0 Å². The number of halogens is 1. The molecular formula is C15H22ClN5O. The molecule has 0 saturated carbocycles. The maximum absolute atomic E-state index is 12.2. The molecule has 2 heterocycles. The highest BCUT2D eigenvalue weighted by Gasteiger charge is 2.18. The lowest BCUT2D eigenvalue weighted by Crippen LogP contribution is -2.21. The Morgan fingerprint density at radius 2 is 2.00 bits per heavy atom. The molecule has 0 aromatic carbocycles. The lowest BCUT2D eigenvalue weighted by Gasteiger charge is -2.15. The summed E-state index contributed by atoms with van der Waals surface area (Å²) >= 11 is 6.15. The maximum atomic E-state index is 12.2. The first-order valence-corrected chi connectivity index (χ1v) is 7.73. The first kappa shape index (κ1) is 16.5. The van der Waals surface area contributed by atoms with Crippen LogP contribution in [0.4, 0.5) is 5.82 Å². The molecular weight excluding hydrogens is 302 g/mol. The van der Waals surface area contributed by atoms with Gasteiger partial charge in [0, 0.05) is 18.5 Å². The molecule has 7 heteroatoms. The van der Waals surface area contributed by atoms with Gasteiger partial charge in [0.05, 0.1) is 28.6 Å². The van der Waals surface area contributed by atoms with Gasteiger partial charge in [0.1, 0.15) is 5.82 Å². The zero-order valence-electron chi connectivity index (χ0n) is 13.6. The van der Waals surface area contributed by atoms with Crippen molar-refractivity contribution >= 4 is 23.3 Å². The Morgan fingerprint density at radius 1 is 1.32 bits per heavy atom.